The van der Waals surface area contributed by atoms with E-state index in [4.69, 9.17) is 19.8 Å². The Morgan fingerprint density at radius 3 is 2.60 bits per heavy atom. The van der Waals surface area contributed by atoms with E-state index in [1.165, 1.54) is 24.1 Å². The summed E-state index contributed by atoms with van der Waals surface area (Å²) in [7, 11) is 0. The van der Waals surface area contributed by atoms with E-state index in [1.54, 1.807) is 11.3 Å². The minimum Gasteiger partial charge on any atom is -0.473 e. The third kappa shape index (κ3) is 3.78. The van der Waals surface area contributed by atoms with Crippen molar-refractivity contribution < 1.29 is 19.8 Å². The van der Waals surface area contributed by atoms with Gasteiger partial charge in [0, 0.05) is 35.6 Å². The van der Waals surface area contributed by atoms with Crippen molar-refractivity contribution in [2.45, 2.75) is 11.8 Å². The number of pyridine rings is 1. The summed E-state index contributed by atoms with van der Waals surface area (Å²) in [5.74, 6) is -3.65. The SMILES string of the molecule is C1=CC2(c3ccc(-c4ccsc4)nc3)CCN(C1)C2.O=C(O)C(=O)O. The lowest BCUT2D eigenvalue weighted by atomic mass is 9.79. The van der Waals surface area contributed by atoms with Crippen LogP contribution < -0.4 is 0 Å². The van der Waals surface area contributed by atoms with Crippen molar-refractivity contribution >= 4 is 23.3 Å². The third-order valence-corrected chi connectivity index (χ3v) is 5.20. The van der Waals surface area contributed by atoms with Crippen molar-refractivity contribution in [2.24, 2.45) is 0 Å². The van der Waals surface area contributed by atoms with Gasteiger partial charge >= 0.3 is 11.9 Å². The van der Waals surface area contributed by atoms with Crippen LogP contribution in [-0.4, -0.2) is 51.7 Å². The average molecular weight is 358 g/mol. The van der Waals surface area contributed by atoms with Crippen LogP contribution in [0.1, 0.15) is 12.0 Å². The van der Waals surface area contributed by atoms with E-state index in [0.717, 1.165) is 18.8 Å². The minimum absolute atomic E-state index is 0.221. The Labute approximate surface area is 149 Å². The zero-order valence-electron chi connectivity index (χ0n) is 13.5. The highest BCUT2D eigenvalue weighted by Gasteiger charge is 2.39. The van der Waals surface area contributed by atoms with E-state index in [2.05, 4.69) is 57.2 Å². The van der Waals surface area contributed by atoms with Gasteiger partial charge in [-0.05, 0) is 36.0 Å². The van der Waals surface area contributed by atoms with Crippen LogP contribution in [0.2, 0.25) is 0 Å². The largest absolute Gasteiger partial charge is 0.473 e. The molecule has 2 atom stereocenters. The molecule has 25 heavy (non-hydrogen) atoms. The molecule has 2 aliphatic heterocycles. The Morgan fingerprint density at radius 2 is 2.00 bits per heavy atom. The molecule has 0 amide bonds. The average Bonchev–Trinajstić information content (AvgIpc) is 3.24. The molecule has 4 rings (SSSR count). The molecule has 7 heteroatoms. The van der Waals surface area contributed by atoms with E-state index in [-0.39, 0.29) is 5.41 Å². The second-order valence-electron chi connectivity index (χ2n) is 6.10. The second-order valence-corrected chi connectivity index (χ2v) is 6.88. The van der Waals surface area contributed by atoms with Crippen LogP contribution in [0.4, 0.5) is 0 Å². The zero-order valence-corrected chi connectivity index (χ0v) is 14.3. The summed E-state index contributed by atoms with van der Waals surface area (Å²) in [6.07, 6.45) is 8.01. The Morgan fingerprint density at radius 1 is 1.20 bits per heavy atom. The van der Waals surface area contributed by atoms with Gasteiger partial charge in [0.15, 0.2) is 0 Å². The number of hydrogen-bond donors (Lipinski definition) is 2. The molecule has 0 saturated carbocycles. The quantitative estimate of drug-likeness (QED) is 0.633. The number of fused-ring (bicyclic) bond motifs is 2. The van der Waals surface area contributed by atoms with Crippen molar-refractivity contribution in [3.05, 3.63) is 52.9 Å². The first kappa shape index (κ1) is 17.3. The summed E-state index contributed by atoms with van der Waals surface area (Å²) in [5, 5.41) is 19.0. The number of nitrogens with zero attached hydrogens (tertiary/aromatic N) is 2. The number of hydrogen-bond acceptors (Lipinski definition) is 5. The maximum absolute atomic E-state index is 9.10. The van der Waals surface area contributed by atoms with Gasteiger partial charge in [-0.1, -0.05) is 18.2 Å². The van der Waals surface area contributed by atoms with E-state index in [1.807, 2.05) is 0 Å². The molecule has 2 N–H and O–H groups in total. The van der Waals surface area contributed by atoms with Crippen LogP contribution in [0.15, 0.2) is 47.3 Å². The predicted octanol–water partition coefficient (Wildman–Crippen LogP) is 2.48. The van der Waals surface area contributed by atoms with Crippen LogP contribution in [0.25, 0.3) is 11.3 Å². The zero-order chi connectivity index (χ0) is 17.9. The summed E-state index contributed by atoms with van der Waals surface area (Å²) in [6.45, 7) is 3.48. The molecular weight excluding hydrogens is 340 g/mol. The Hall–Kier alpha value is -2.51. The van der Waals surface area contributed by atoms with Crippen LogP contribution in [0.5, 0.6) is 0 Å². The van der Waals surface area contributed by atoms with E-state index < -0.39 is 11.9 Å². The Balaban J connectivity index is 0.000000265. The topological polar surface area (TPSA) is 90.7 Å². The normalized spacial score (nSPS) is 23.6. The molecule has 1 fully saturated rings. The molecule has 4 heterocycles. The number of carboxylic acids is 2. The second kappa shape index (κ2) is 7.16. The van der Waals surface area contributed by atoms with E-state index >= 15 is 0 Å². The van der Waals surface area contributed by atoms with Gasteiger partial charge in [-0.3, -0.25) is 9.88 Å². The summed E-state index contributed by atoms with van der Waals surface area (Å²) in [5.41, 5.74) is 3.89. The lowest BCUT2D eigenvalue weighted by molar-refractivity contribution is -0.159. The maximum atomic E-state index is 9.10. The van der Waals surface area contributed by atoms with Crippen LogP contribution >= 0.6 is 11.3 Å². The van der Waals surface area contributed by atoms with E-state index in [0.29, 0.717) is 0 Å². The molecule has 2 unspecified atom stereocenters. The van der Waals surface area contributed by atoms with E-state index in [9.17, 15) is 0 Å². The van der Waals surface area contributed by atoms with Crippen molar-refractivity contribution in [2.75, 3.05) is 19.6 Å². The molecule has 2 aromatic rings. The number of carbonyl (C=O) groups is 2. The smallest absolute Gasteiger partial charge is 0.414 e. The van der Waals surface area contributed by atoms with Crippen molar-refractivity contribution in [1.29, 1.82) is 0 Å². The van der Waals surface area contributed by atoms with Gasteiger partial charge in [0.1, 0.15) is 0 Å². The molecule has 1 saturated heterocycles. The minimum atomic E-state index is -1.82. The highest BCUT2D eigenvalue weighted by molar-refractivity contribution is 7.08. The fourth-order valence-electron chi connectivity index (χ4n) is 3.24. The van der Waals surface area contributed by atoms with Crippen molar-refractivity contribution in [3.63, 3.8) is 0 Å². The Bertz CT molecular complexity index is 774. The van der Waals surface area contributed by atoms with Gasteiger partial charge in [-0.25, -0.2) is 9.59 Å². The first-order chi connectivity index (χ1) is 12.0. The summed E-state index contributed by atoms with van der Waals surface area (Å²) < 4.78 is 0. The van der Waals surface area contributed by atoms with Crippen molar-refractivity contribution in [1.82, 2.24) is 9.88 Å². The summed E-state index contributed by atoms with van der Waals surface area (Å²) in [4.78, 5) is 25.4. The lowest BCUT2D eigenvalue weighted by Gasteiger charge is -2.29. The molecule has 0 aromatic carbocycles. The van der Waals surface area contributed by atoms with Gasteiger partial charge in [0.05, 0.1) is 5.69 Å². The summed E-state index contributed by atoms with van der Waals surface area (Å²) >= 11 is 1.72. The fourth-order valence-corrected chi connectivity index (χ4v) is 3.88. The monoisotopic (exact) mass is 358 g/mol. The van der Waals surface area contributed by atoms with Gasteiger partial charge in [-0.15, -0.1) is 0 Å². The highest BCUT2D eigenvalue weighted by atomic mass is 32.1. The molecule has 130 valence electrons. The Kier molecular flexibility index (Phi) is 4.96. The molecule has 2 aromatic heterocycles. The lowest BCUT2D eigenvalue weighted by Crippen LogP contribution is -2.33. The predicted molar refractivity (Wildman–Crippen MR) is 94.7 cm³/mol. The number of carboxylic acid groups (broad SMARTS) is 2. The third-order valence-electron chi connectivity index (χ3n) is 4.52. The fraction of sp³-hybridized carbons (Fsp3) is 0.278. The van der Waals surface area contributed by atoms with Gasteiger partial charge < -0.3 is 10.2 Å². The van der Waals surface area contributed by atoms with Crippen LogP contribution in [0, 0.1) is 0 Å². The molecule has 0 spiro atoms. The molecular formula is C18H18N2O4S. The first-order valence-electron chi connectivity index (χ1n) is 7.85. The molecule has 0 radical (unpaired) electrons. The molecule has 6 nitrogen and oxygen atoms in total. The maximum Gasteiger partial charge on any atom is 0.414 e. The van der Waals surface area contributed by atoms with Gasteiger partial charge in [-0.2, -0.15) is 11.3 Å². The summed E-state index contributed by atoms with van der Waals surface area (Å²) in [6, 6.07) is 6.55. The molecule has 2 bridgehead atoms. The standard InChI is InChI=1S/C16H16N2S.C2H2O4/c1-5-16(6-8-18(7-1)12-16)14-2-3-15(17-10-14)13-4-9-19-11-13;3-1(4)2(5)6/h1-5,9-11H,6-8,12H2;(H,3,4)(H,5,6). The van der Waals surface area contributed by atoms with Crippen LogP contribution in [-0.2, 0) is 15.0 Å². The number of aliphatic carboxylic acids is 2. The number of aromatic nitrogens is 1. The van der Waals surface area contributed by atoms with Gasteiger partial charge in [0.25, 0.3) is 0 Å². The van der Waals surface area contributed by atoms with Crippen molar-refractivity contribution in [3.8, 4) is 11.3 Å². The van der Waals surface area contributed by atoms with Gasteiger partial charge in [0.2, 0.25) is 0 Å². The highest BCUT2D eigenvalue weighted by Crippen LogP contribution is 2.38. The number of thiophene rings is 1. The first-order valence-corrected chi connectivity index (χ1v) is 8.80. The number of rotatable bonds is 2. The molecule has 2 aliphatic rings. The molecule has 0 aliphatic carbocycles. The van der Waals surface area contributed by atoms with Crippen LogP contribution in [0.3, 0.4) is 0 Å².